The zero-order valence-electron chi connectivity index (χ0n) is 10.5. The fourth-order valence-corrected chi connectivity index (χ4v) is 2.20. The molecule has 0 bridgehead atoms. The first-order chi connectivity index (χ1) is 8.63. The number of morpholine rings is 1. The summed E-state index contributed by atoms with van der Waals surface area (Å²) in [4.78, 5) is 17.0. The standard InChI is InChI=1S/C13H18N2O3/c1-10-4-11(7-14-6-10)8-15-2-3-18-12(9-15)5-13(16)17/h4,6-7,12H,2-3,5,8-9H2,1H3,(H,16,17). The molecule has 18 heavy (non-hydrogen) atoms. The van der Waals surface area contributed by atoms with Crippen LogP contribution in [0.3, 0.4) is 0 Å². The molecule has 1 aromatic rings. The van der Waals surface area contributed by atoms with Gasteiger partial charge >= 0.3 is 5.97 Å². The van der Waals surface area contributed by atoms with Gasteiger partial charge in [0.05, 0.1) is 19.1 Å². The molecule has 0 saturated carbocycles. The quantitative estimate of drug-likeness (QED) is 0.866. The predicted molar refractivity (Wildman–Crippen MR) is 66.2 cm³/mol. The van der Waals surface area contributed by atoms with Crippen molar-refractivity contribution < 1.29 is 14.6 Å². The number of carbonyl (C=O) groups is 1. The van der Waals surface area contributed by atoms with Crippen LogP contribution in [0.1, 0.15) is 17.5 Å². The van der Waals surface area contributed by atoms with Crippen LogP contribution in [0.15, 0.2) is 18.5 Å². The largest absolute Gasteiger partial charge is 0.481 e. The minimum atomic E-state index is -0.806. The maximum Gasteiger partial charge on any atom is 0.306 e. The van der Waals surface area contributed by atoms with Crippen LogP contribution in [-0.2, 0) is 16.1 Å². The third-order valence-corrected chi connectivity index (χ3v) is 2.96. The van der Waals surface area contributed by atoms with Crippen molar-refractivity contribution >= 4 is 5.97 Å². The molecule has 1 fully saturated rings. The first-order valence-corrected chi connectivity index (χ1v) is 6.10. The van der Waals surface area contributed by atoms with Gasteiger partial charge in [-0.05, 0) is 18.1 Å². The topological polar surface area (TPSA) is 62.7 Å². The minimum Gasteiger partial charge on any atom is -0.481 e. The number of rotatable bonds is 4. The van der Waals surface area contributed by atoms with Gasteiger partial charge in [0.15, 0.2) is 0 Å². The third-order valence-electron chi connectivity index (χ3n) is 2.96. The number of aryl methyl sites for hydroxylation is 1. The Morgan fingerprint density at radius 3 is 3.17 bits per heavy atom. The molecule has 1 aliphatic rings. The summed E-state index contributed by atoms with van der Waals surface area (Å²) < 4.78 is 5.44. The second kappa shape index (κ2) is 5.93. The Kier molecular flexibility index (Phi) is 4.28. The molecule has 1 unspecified atom stereocenters. The number of carboxylic acid groups (broad SMARTS) is 1. The molecule has 98 valence electrons. The van der Waals surface area contributed by atoms with Crippen LogP contribution in [0, 0.1) is 6.92 Å². The molecule has 2 heterocycles. The maximum atomic E-state index is 10.7. The lowest BCUT2D eigenvalue weighted by Gasteiger charge is -2.32. The van der Waals surface area contributed by atoms with Gasteiger partial charge in [0.2, 0.25) is 0 Å². The van der Waals surface area contributed by atoms with Crippen LogP contribution in [0.5, 0.6) is 0 Å². The lowest BCUT2D eigenvalue weighted by Crippen LogP contribution is -2.42. The van der Waals surface area contributed by atoms with Crippen molar-refractivity contribution in [2.75, 3.05) is 19.7 Å². The van der Waals surface area contributed by atoms with Gasteiger partial charge in [-0.3, -0.25) is 14.7 Å². The third kappa shape index (κ3) is 3.78. The number of nitrogens with zero attached hydrogens (tertiary/aromatic N) is 2. The fourth-order valence-electron chi connectivity index (χ4n) is 2.20. The summed E-state index contributed by atoms with van der Waals surface area (Å²) in [5.74, 6) is -0.806. The Balaban J connectivity index is 1.91. The van der Waals surface area contributed by atoms with Gasteiger partial charge in [-0.1, -0.05) is 6.07 Å². The highest BCUT2D eigenvalue weighted by molar-refractivity contribution is 5.67. The van der Waals surface area contributed by atoms with Crippen molar-refractivity contribution in [1.29, 1.82) is 0 Å². The average molecular weight is 250 g/mol. The van der Waals surface area contributed by atoms with Crippen molar-refractivity contribution in [1.82, 2.24) is 9.88 Å². The zero-order valence-corrected chi connectivity index (χ0v) is 10.5. The Morgan fingerprint density at radius 2 is 2.44 bits per heavy atom. The first kappa shape index (κ1) is 13.0. The van der Waals surface area contributed by atoms with E-state index in [4.69, 9.17) is 9.84 Å². The summed E-state index contributed by atoms with van der Waals surface area (Å²) in [7, 11) is 0. The normalized spacial score (nSPS) is 20.8. The molecule has 0 spiro atoms. The molecular formula is C13H18N2O3. The average Bonchev–Trinajstić information content (AvgIpc) is 2.28. The lowest BCUT2D eigenvalue weighted by molar-refractivity contribution is -0.142. The summed E-state index contributed by atoms with van der Waals surface area (Å²) >= 11 is 0. The van der Waals surface area contributed by atoms with E-state index in [2.05, 4.69) is 16.0 Å². The smallest absolute Gasteiger partial charge is 0.306 e. The van der Waals surface area contributed by atoms with Crippen LogP contribution in [0.4, 0.5) is 0 Å². The van der Waals surface area contributed by atoms with Gasteiger partial charge < -0.3 is 9.84 Å². The number of pyridine rings is 1. The van der Waals surface area contributed by atoms with Crippen LogP contribution in [0.2, 0.25) is 0 Å². The minimum absolute atomic E-state index is 0.0720. The molecule has 2 rings (SSSR count). The van der Waals surface area contributed by atoms with Crippen LogP contribution >= 0.6 is 0 Å². The molecule has 0 aliphatic carbocycles. The second-order valence-electron chi connectivity index (χ2n) is 4.70. The summed E-state index contributed by atoms with van der Waals surface area (Å²) in [5.41, 5.74) is 2.30. The van der Waals surface area contributed by atoms with Crippen molar-refractivity contribution in [3.8, 4) is 0 Å². The number of aliphatic carboxylic acids is 1. The number of aromatic nitrogens is 1. The van der Waals surface area contributed by atoms with Gasteiger partial charge in [0, 0.05) is 32.0 Å². The fraction of sp³-hybridized carbons (Fsp3) is 0.538. The van der Waals surface area contributed by atoms with E-state index in [-0.39, 0.29) is 12.5 Å². The molecule has 1 saturated heterocycles. The van der Waals surface area contributed by atoms with Crippen molar-refractivity contribution in [3.63, 3.8) is 0 Å². The summed E-state index contributed by atoms with van der Waals surface area (Å²) in [5, 5.41) is 8.77. The highest BCUT2D eigenvalue weighted by Crippen LogP contribution is 2.12. The number of carboxylic acids is 1. The van der Waals surface area contributed by atoms with E-state index in [0.717, 1.165) is 24.2 Å². The lowest BCUT2D eigenvalue weighted by atomic mass is 10.1. The molecule has 1 aliphatic heterocycles. The summed E-state index contributed by atoms with van der Waals surface area (Å²) in [6.45, 7) is 4.92. The number of hydrogen-bond donors (Lipinski definition) is 1. The van der Waals surface area contributed by atoms with Gasteiger partial charge in [0.1, 0.15) is 0 Å². The summed E-state index contributed by atoms with van der Waals surface area (Å²) in [6.07, 6.45) is 3.56. The monoisotopic (exact) mass is 250 g/mol. The van der Waals surface area contributed by atoms with Gasteiger partial charge in [-0.25, -0.2) is 0 Å². The first-order valence-electron chi connectivity index (χ1n) is 6.10. The molecular weight excluding hydrogens is 232 g/mol. The van der Waals surface area contributed by atoms with Crippen LogP contribution in [0.25, 0.3) is 0 Å². The number of ether oxygens (including phenoxy) is 1. The molecule has 0 aromatic carbocycles. The Labute approximate surface area is 106 Å². The van der Waals surface area contributed by atoms with Crippen molar-refractivity contribution in [3.05, 3.63) is 29.6 Å². The predicted octanol–water partition coefficient (Wildman–Crippen LogP) is 1.07. The Morgan fingerprint density at radius 1 is 1.61 bits per heavy atom. The van der Waals surface area contributed by atoms with Gasteiger partial charge in [0.25, 0.3) is 0 Å². The van der Waals surface area contributed by atoms with E-state index in [1.807, 2.05) is 19.3 Å². The van der Waals surface area contributed by atoms with E-state index in [0.29, 0.717) is 13.2 Å². The molecule has 1 atom stereocenters. The molecule has 0 radical (unpaired) electrons. The Hall–Kier alpha value is -1.46. The Bertz CT molecular complexity index is 422. The highest BCUT2D eigenvalue weighted by Gasteiger charge is 2.22. The molecule has 1 aromatic heterocycles. The van der Waals surface area contributed by atoms with E-state index in [1.54, 1.807) is 0 Å². The highest BCUT2D eigenvalue weighted by atomic mass is 16.5. The van der Waals surface area contributed by atoms with Crippen LogP contribution in [-0.4, -0.2) is 46.8 Å². The molecule has 5 nitrogen and oxygen atoms in total. The van der Waals surface area contributed by atoms with Crippen LogP contribution < -0.4 is 0 Å². The molecule has 0 amide bonds. The van der Waals surface area contributed by atoms with Crippen molar-refractivity contribution in [2.45, 2.75) is 26.0 Å². The van der Waals surface area contributed by atoms with Gasteiger partial charge in [-0.2, -0.15) is 0 Å². The maximum absolute atomic E-state index is 10.7. The second-order valence-corrected chi connectivity index (χ2v) is 4.70. The van der Waals surface area contributed by atoms with E-state index < -0.39 is 5.97 Å². The molecule has 5 heteroatoms. The summed E-state index contributed by atoms with van der Waals surface area (Å²) in [6, 6.07) is 2.11. The van der Waals surface area contributed by atoms with E-state index in [1.165, 1.54) is 0 Å². The van der Waals surface area contributed by atoms with E-state index >= 15 is 0 Å². The SMILES string of the molecule is Cc1cncc(CN2CCOC(CC(=O)O)C2)c1. The zero-order chi connectivity index (χ0) is 13.0. The number of hydrogen-bond acceptors (Lipinski definition) is 4. The van der Waals surface area contributed by atoms with E-state index in [9.17, 15) is 4.79 Å². The van der Waals surface area contributed by atoms with Crippen molar-refractivity contribution in [2.24, 2.45) is 0 Å². The van der Waals surface area contributed by atoms with Gasteiger partial charge in [-0.15, -0.1) is 0 Å². The molecule has 1 N–H and O–H groups in total.